The molecule has 50 valence electrons. The van der Waals surface area contributed by atoms with Crippen LogP contribution >= 0.6 is 0 Å². The molecular formula is C8H7NO. The number of hydrogen-bond acceptors (Lipinski definition) is 2. The molecule has 0 fully saturated rings. The molecule has 0 atom stereocenters. The maximum atomic E-state index is 5.54. The summed E-state index contributed by atoms with van der Waals surface area (Å²) in [6.07, 6.45) is 3.39. The Bertz CT molecular complexity index is 351. The average Bonchev–Trinajstić information content (AvgIpc) is 2.33. The Hall–Kier alpha value is -1.44. The molecule has 2 nitrogen and oxygen atoms in total. The van der Waals surface area contributed by atoms with Crippen molar-refractivity contribution in [2.24, 2.45) is 0 Å². The van der Waals surface area contributed by atoms with Crippen molar-refractivity contribution >= 4 is 16.5 Å². The molecule has 1 heterocycles. The fourth-order valence-electron chi connectivity index (χ4n) is 0.983. The van der Waals surface area contributed by atoms with Crippen LogP contribution in [0.15, 0.2) is 35.1 Å². The van der Waals surface area contributed by atoms with E-state index >= 15 is 0 Å². The molecular weight excluding hydrogens is 126 g/mol. The van der Waals surface area contributed by atoms with Gasteiger partial charge in [0.25, 0.3) is 0 Å². The van der Waals surface area contributed by atoms with Crippen LogP contribution in [0.2, 0.25) is 0 Å². The van der Waals surface area contributed by atoms with Gasteiger partial charge in [0.05, 0.1) is 12.5 Å². The number of nitrogens with two attached hydrogens (primary N) is 1. The lowest BCUT2D eigenvalue weighted by Gasteiger charge is -1.89. The zero-order valence-electron chi connectivity index (χ0n) is 5.37. The minimum Gasteiger partial charge on any atom is -0.471 e. The molecule has 0 aliphatic heterocycles. The summed E-state index contributed by atoms with van der Waals surface area (Å²) in [7, 11) is 0. The molecule has 2 aromatic rings. The van der Waals surface area contributed by atoms with Crippen molar-refractivity contribution in [2.75, 3.05) is 5.73 Å². The number of anilines is 1. The number of nitrogen functional groups attached to an aromatic ring is 1. The van der Waals surface area contributed by atoms with Gasteiger partial charge in [-0.2, -0.15) is 0 Å². The van der Waals surface area contributed by atoms with E-state index in [-0.39, 0.29) is 0 Å². The topological polar surface area (TPSA) is 39.2 Å². The quantitative estimate of drug-likeness (QED) is 0.558. The summed E-state index contributed by atoms with van der Waals surface area (Å²) in [5.41, 5.74) is 6.31. The predicted octanol–water partition coefficient (Wildman–Crippen LogP) is 2.01. The van der Waals surface area contributed by atoms with Gasteiger partial charge in [-0.25, -0.2) is 0 Å². The molecule has 2 heteroatoms. The predicted molar refractivity (Wildman–Crippen MR) is 40.6 cm³/mol. The molecule has 1 aromatic heterocycles. The summed E-state index contributed by atoms with van der Waals surface area (Å²) in [4.78, 5) is 0. The second-order valence-corrected chi connectivity index (χ2v) is 2.26. The van der Waals surface area contributed by atoms with Crippen LogP contribution in [0.5, 0.6) is 0 Å². The van der Waals surface area contributed by atoms with Crippen molar-refractivity contribution in [1.29, 1.82) is 0 Å². The van der Waals surface area contributed by atoms with E-state index in [2.05, 4.69) is 0 Å². The highest BCUT2D eigenvalue weighted by Crippen LogP contribution is 2.17. The van der Waals surface area contributed by atoms with Gasteiger partial charge in [-0.3, -0.25) is 0 Å². The smallest absolute Gasteiger partial charge is 0.0982 e. The number of furan rings is 1. The molecule has 2 rings (SSSR count). The van der Waals surface area contributed by atoms with Gasteiger partial charge in [0.1, 0.15) is 0 Å². The fourth-order valence-corrected chi connectivity index (χ4v) is 0.983. The molecule has 0 aliphatic carbocycles. The molecule has 0 spiro atoms. The summed E-state index contributed by atoms with van der Waals surface area (Å²) in [6, 6.07) is 5.69. The van der Waals surface area contributed by atoms with Crippen LogP contribution in [-0.4, -0.2) is 0 Å². The van der Waals surface area contributed by atoms with Crippen molar-refractivity contribution in [1.82, 2.24) is 0 Å². The van der Waals surface area contributed by atoms with Gasteiger partial charge in [0.2, 0.25) is 0 Å². The molecule has 0 unspecified atom stereocenters. The molecule has 0 saturated heterocycles. The molecule has 0 aliphatic rings. The van der Waals surface area contributed by atoms with Gasteiger partial charge < -0.3 is 10.2 Å². The Morgan fingerprint density at radius 2 is 1.90 bits per heavy atom. The van der Waals surface area contributed by atoms with Gasteiger partial charge in [-0.15, -0.1) is 0 Å². The first-order valence-electron chi connectivity index (χ1n) is 3.08. The highest BCUT2D eigenvalue weighted by atomic mass is 16.3. The average molecular weight is 133 g/mol. The molecule has 2 N–H and O–H groups in total. The molecule has 10 heavy (non-hydrogen) atoms. The molecule has 0 radical (unpaired) electrons. The lowest BCUT2D eigenvalue weighted by molar-refractivity contribution is 0.572. The number of rotatable bonds is 0. The number of benzene rings is 1. The van der Waals surface area contributed by atoms with Crippen LogP contribution in [-0.2, 0) is 0 Å². The Labute approximate surface area is 58.2 Å². The molecule has 0 saturated carbocycles. The third-order valence-corrected chi connectivity index (χ3v) is 1.50. The van der Waals surface area contributed by atoms with E-state index in [4.69, 9.17) is 10.2 Å². The minimum absolute atomic E-state index is 0.772. The van der Waals surface area contributed by atoms with Crippen molar-refractivity contribution < 1.29 is 4.42 Å². The van der Waals surface area contributed by atoms with E-state index in [0.29, 0.717) is 0 Å². The SMILES string of the molecule is Nc1ccc2cocc2c1. The van der Waals surface area contributed by atoms with E-state index in [1.54, 1.807) is 12.5 Å². The molecule has 0 bridgehead atoms. The first kappa shape index (κ1) is 5.35. The second kappa shape index (κ2) is 1.77. The highest BCUT2D eigenvalue weighted by molar-refractivity contribution is 5.83. The summed E-state index contributed by atoms with van der Waals surface area (Å²) in [5.74, 6) is 0. The van der Waals surface area contributed by atoms with E-state index in [1.165, 1.54) is 0 Å². The molecule has 0 amide bonds. The lowest BCUT2D eigenvalue weighted by atomic mass is 10.2. The maximum absolute atomic E-state index is 5.54. The van der Waals surface area contributed by atoms with Gasteiger partial charge in [0.15, 0.2) is 0 Å². The first-order chi connectivity index (χ1) is 4.86. The van der Waals surface area contributed by atoms with Crippen molar-refractivity contribution in [3.8, 4) is 0 Å². The summed E-state index contributed by atoms with van der Waals surface area (Å²) >= 11 is 0. The standard InChI is InChI=1S/C8H7NO/c9-8-2-1-6-4-10-5-7(6)3-8/h1-5H,9H2. The largest absolute Gasteiger partial charge is 0.471 e. The number of fused-ring (bicyclic) bond motifs is 1. The second-order valence-electron chi connectivity index (χ2n) is 2.26. The van der Waals surface area contributed by atoms with Crippen LogP contribution in [0, 0.1) is 0 Å². The van der Waals surface area contributed by atoms with E-state index in [0.717, 1.165) is 16.5 Å². The summed E-state index contributed by atoms with van der Waals surface area (Å²) in [5, 5.41) is 2.15. The van der Waals surface area contributed by atoms with Gasteiger partial charge >= 0.3 is 0 Å². The Balaban J connectivity index is 2.86. The Kier molecular flexibility index (Phi) is 0.947. The van der Waals surface area contributed by atoms with Crippen molar-refractivity contribution in [2.45, 2.75) is 0 Å². The van der Waals surface area contributed by atoms with Gasteiger partial charge in [0, 0.05) is 16.5 Å². The van der Waals surface area contributed by atoms with Crippen LogP contribution in [0.3, 0.4) is 0 Å². The molecule has 1 aromatic carbocycles. The summed E-state index contributed by atoms with van der Waals surface area (Å²) < 4.78 is 4.96. The zero-order valence-corrected chi connectivity index (χ0v) is 5.37. The summed E-state index contributed by atoms with van der Waals surface area (Å²) in [6.45, 7) is 0. The van der Waals surface area contributed by atoms with Crippen molar-refractivity contribution in [3.05, 3.63) is 30.7 Å². The van der Waals surface area contributed by atoms with E-state index in [9.17, 15) is 0 Å². The van der Waals surface area contributed by atoms with Crippen LogP contribution in [0.4, 0.5) is 5.69 Å². The van der Waals surface area contributed by atoms with Gasteiger partial charge in [-0.1, -0.05) is 0 Å². The third-order valence-electron chi connectivity index (χ3n) is 1.50. The number of hydrogen-bond donors (Lipinski definition) is 1. The Morgan fingerprint density at radius 1 is 1.10 bits per heavy atom. The van der Waals surface area contributed by atoms with E-state index < -0.39 is 0 Å². The lowest BCUT2D eigenvalue weighted by Crippen LogP contribution is -1.80. The normalized spacial score (nSPS) is 10.4. The fraction of sp³-hybridized carbons (Fsp3) is 0. The zero-order chi connectivity index (χ0) is 6.97. The van der Waals surface area contributed by atoms with Crippen LogP contribution < -0.4 is 5.73 Å². The maximum Gasteiger partial charge on any atom is 0.0982 e. The first-order valence-corrected chi connectivity index (χ1v) is 3.08. The monoisotopic (exact) mass is 133 g/mol. The van der Waals surface area contributed by atoms with Gasteiger partial charge in [-0.05, 0) is 18.2 Å². The highest BCUT2D eigenvalue weighted by Gasteiger charge is 1.93. The van der Waals surface area contributed by atoms with Crippen LogP contribution in [0.25, 0.3) is 10.8 Å². The third kappa shape index (κ3) is 0.658. The Morgan fingerprint density at radius 3 is 2.80 bits per heavy atom. The minimum atomic E-state index is 0.772. The van der Waals surface area contributed by atoms with E-state index in [1.807, 2.05) is 18.2 Å². The van der Waals surface area contributed by atoms with Crippen LogP contribution in [0.1, 0.15) is 0 Å². The van der Waals surface area contributed by atoms with Crippen molar-refractivity contribution in [3.63, 3.8) is 0 Å².